The van der Waals surface area contributed by atoms with Crippen molar-refractivity contribution < 1.29 is 0 Å². The number of hydrogen-bond donors (Lipinski definition) is 1. The molecule has 0 aliphatic rings. The minimum Gasteiger partial charge on any atom is -0.316 e. The van der Waals surface area contributed by atoms with Crippen molar-refractivity contribution in [2.24, 2.45) is 0 Å². The number of rotatable bonds is 6. The zero-order chi connectivity index (χ0) is 12.1. The molecule has 0 saturated carbocycles. The second kappa shape index (κ2) is 5.93. The Bertz CT molecular complexity index is 435. The SMILES string of the molecule is CCn1ncnc1CC(Cc1ccsc1)NC. The zero-order valence-corrected chi connectivity index (χ0v) is 11.1. The van der Waals surface area contributed by atoms with Crippen molar-refractivity contribution in [3.63, 3.8) is 0 Å². The lowest BCUT2D eigenvalue weighted by Crippen LogP contribution is -2.31. The summed E-state index contributed by atoms with van der Waals surface area (Å²) in [5, 5.41) is 11.9. The molecule has 2 rings (SSSR count). The van der Waals surface area contributed by atoms with E-state index in [1.807, 2.05) is 11.7 Å². The van der Waals surface area contributed by atoms with Gasteiger partial charge in [-0.2, -0.15) is 16.4 Å². The topological polar surface area (TPSA) is 42.7 Å². The molecular formula is C12H18N4S. The van der Waals surface area contributed by atoms with Gasteiger partial charge in [-0.05, 0) is 42.8 Å². The van der Waals surface area contributed by atoms with Crippen molar-refractivity contribution in [3.05, 3.63) is 34.5 Å². The van der Waals surface area contributed by atoms with Crippen LogP contribution in [0.25, 0.3) is 0 Å². The molecule has 92 valence electrons. The molecule has 0 aliphatic heterocycles. The van der Waals surface area contributed by atoms with E-state index < -0.39 is 0 Å². The van der Waals surface area contributed by atoms with Crippen LogP contribution in [0.3, 0.4) is 0 Å². The van der Waals surface area contributed by atoms with E-state index in [0.717, 1.165) is 25.2 Å². The quantitative estimate of drug-likeness (QED) is 0.849. The molecule has 0 bridgehead atoms. The number of likely N-dealkylation sites (N-methyl/N-ethyl adjacent to an activating group) is 1. The highest BCUT2D eigenvalue weighted by atomic mass is 32.1. The maximum atomic E-state index is 4.32. The molecule has 0 radical (unpaired) electrons. The number of nitrogens with one attached hydrogen (secondary N) is 1. The summed E-state index contributed by atoms with van der Waals surface area (Å²) >= 11 is 1.75. The Morgan fingerprint density at radius 3 is 3.00 bits per heavy atom. The molecule has 2 aromatic heterocycles. The Kier molecular flexibility index (Phi) is 4.28. The average Bonchev–Trinajstić information content (AvgIpc) is 2.99. The van der Waals surface area contributed by atoms with E-state index in [1.165, 1.54) is 5.56 Å². The van der Waals surface area contributed by atoms with E-state index in [4.69, 9.17) is 0 Å². The molecule has 2 aromatic rings. The first kappa shape index (κ1) is 12.3. The van der Waals surface area contributed by atoms with Gasteiger partial charge in [-0.25, -0.2) is 4.98 Å². The van der Waals surface area contributed by atoms with Gasteiger partial charge < -0.3 is 5.32 Å². The molecule has 0 amide bonds. The number of nitrogens with zero attached hydrogens (tertiary/aromatic N) is 3. The van der Waals surface area contributed by atoms with Gasteiger partial charge in [-0.1, -0.05) is 0 Å². The first-order valence-corrected chi connectivity index (χ1v) is 6.82. The Morgan fingerprint density at radius 1 is 1.47 bits per heavy atom. The van der Waals surface area contributed by atoms with Crippen LogP contribution in [0.1, 0.15) is 18.3 Å². The predicted octanol–water partition coefficient (Wildman–Crippen LogP) is 1.73. The lowest BCUT2D eigenvalue weighted by atomic mass is 10.1. The van der Waals surface area contributed by atoms with Crippen LogP contribution >= 0.6 is 11.3 Å². The van der Waals surface area contributed by atoms with E-state index in [1.54, 1.807) is 17.7 Å². The van der Waals surface area contributed by atoms with Crippen LogP contribution in [-0.2, 0) is 19.4 Å². The van der Waals surface area contributed by atoms with E-state index in [-0.39, 0.29) is 0 Å². The maximum absolute atomic E-state index is 4.32. The average molecular weight is 250 g/mol. The van der Waals surface area contributed by atoms with Crippen LogP contribution < -0.4 is 5.32 Å². The molecule has 0 aliphatic carbocycles. The first-order chi connectivity index (χ1) is 8.33. The summed E-state index contributed by atoms with van der Waals surface area (Å²) in [7, 11) is 2.00. The Labute approximate surface area is 106 Å². The Balaban J connectivity index is 2.00. The Morgan fingerprint density at radius 2 is 2.35 bits per heavy atom. The predicted molar refractivity (Wildman–Crippen MR) is 70.3 cm³/mol. The standard InChI is InChI=1S/C12H18N4S/c1-3-16-12(14-9-15-16)7-11(13-2)6-10-4-5-17-8-10/h4-5,8-9,11,13H,3,6-7H2,1-2H3. The minimum absolute atomic E-state index is 0.416. The van der Waals surface area contributed by atoms with Gasteiger partial charge in [0.2, 0.25) is 0 Å². The number of hydrogen-bond acceptors (Lipinski definition) is 4. The summed E-state index contributed by atoms with van der Waals surface area (Å²) < 4.78 is 1.96. The van der Waals surface area contributed by atoms with Crippen LogP contribution in [0.5, 0.6) is 0 Å². The third-order valence-electron chi connectivity index (χ3n) is 2.89. The molecule has 17 heavy (non-hydrogen) atoms. The van der Waals surface area contributed by atoms with Crippen LogP contribution in [0.4, 0.5) is 0 Å². The fraction of sp³-hybridized carbons (Fsp3) is 0.500. The van der Waals surface area contributed by atoms with Crippen LogP contribution in [0.2, 0.25) is 0 Å². The molecule has 2 heterocycles. The summed E-state index contributed by atoms with van der Waals surface area (Å²) in [6.45, 7) is 2.97. The Hall–Kier alpha value is -1.20. The molecular weight excluding hydrogens is 232 g/mol. The molecule has 1 N–H and O–H groups in total. The van der Waals surface area contributed by atoms with Crippen LogP contribution in [-0.4, -0.2) is 27.9 Å². The molecule has 4 nitrogen and oxygen atoms in total. The molecule has 5 heteroatoms. The molecule has 0 fully saturated rings. The highest BCUT2D eigenvalue weighted by Crippen LogP contribution is 2.11. The smallest absolute Gasteiger partial charge is 0.138 e. The van der Waals surface area contributed by atoms with Gasteiger partial charge in [0, 0.05) is 19.0 Å². The monoisotopic (exact) mass is 250 g/mol. The first-order valence-electron chi connectivity index (χ1n) is 5.88. The summed E-state index contributed by atoms with van der Waals surface area (Å²) in [6, 6.07) is 2.60. The minimum atomic E-state index is 0.416. The highest BCUT2D eigenvalue weighted by molar-refractivity contribution is 7.07. The van der Waals surface area contributed by atoms with Gasteiger partial charge in [0.25, 0.3) is 0 Å². The van der Waals surface area contributed by atoms with Gasteiger partial charge in [0.1, 0.15) is 12.2 Å². The summed E-state index contributed by atoms with van der Waals surface area (Å²) in [4.78, 5) is 4.32. The van der Waals surface area contributed by atoms with Crippen molar-refractivity contribution in [3.8, 4) is 0 Å². The molecule has 1 unspecified atom stereocenters. The van der Waals surface area contributed by atoms with E-state index in [2.05, 4.69) is 39.1 Å². The van der Waals surface area contributed by atoms with Crippen LogP contribution in [0, 0.1) is 0 Å². The number of aromatic nitrogens is 3. The van der Waals surface area contributed by atoms with Gasteiger partial charge in [0.15, 0.2) is 0 Å². The second-order valence-corrected chi connectivity index (χ2v) is 4.80. The zero-order valence-electron chi connectivity index (χ0n) is 10.3. The second-order valence-electron chi connectivity index (χ2n) is 4.02. The van der Waals surface area contributed by atoms with Gasteiger partial charge in [0.05, 0.1) is 0 Å². The number of aryl methyl sites for hydroxylation is 1. The van der Waals surface area contributed by atoms with Gasteiger partial charge in [-0.3, -0.25) is 4.68 Å². The lowest BCUT2D eigenvalue weighted by molar-refractivity contribution is 0.513. The summed E-state index contributed by atoms with van der Waals surface area (Å²) in [5.74, 6) is 1.06. The summed E-state index contributed by atoms with van der Waals surface area (Å²) in [5.41, 5.74) is 1.39. The largest absolute Gasteiger partial charge is 0.316 e. The lowest BCUT2D eigenvalue weighted by Gasteiger charge is -2.15. The van der Waals surface area contributed by atoms with Gasteiger partial charge >= 0.3 is 0 Å². The van der Waals surface area contributed by atoms with E-state index in [0.29, 0.717) is 6.04 Å². The third kappa shape index (κ3) is 3.14. The van der Waals surface area contributed by atoms with Gasteiger partial charge in [-0.15, -0.1) is 0 Å². The molecule has 0 aromatic carbocycles. The van der Waals surface area contributed by atoms with Crippen molar-refractivity contribution in [1.29, 1.82) is 0 Å². The molecule has 1 atom stereocenters. The fourth-order valence-electron chi connectivity index (χ4n) is 1.90. The fourth-order valence-corrected chi connectivity index (χ4v) is 2.58. The summed E-state index contributed by atoms with van der Waals surface area (Å²) in [6.07, 6.45) is 3.59. The van der Waals surface area contributed by atoms with Crippen molar-refractivity contribution >= 4 is 11.3 Å². The van der Waals surface area contributed by atoms with Crippen molar-refractivity contribution in [2.45, 2.75) is 32.4 Å². The maximum Gasteiger partial charge on any atom is 0.138 e. The third-order valence-corrected chi connectivity index (χ3v) is 3.63. The van der Waals surface area contributed by atoms with E-state index >= 15 is 0 Å². The molecule has 0 spiro atoms. The normalized spacial score (nSPS) is 12.8. The highest BCUT2D eigenvalue weighted by Gasteiger charge is 2.12. The van der Waals surface area contributed by atoms with Crippen molar-refractivity contribution in [1.82, 2.24) is 20.1 Å². The van der Waals surface area contributed by atoms with E-state index in [9.17, 15) is 0 Å². The number of thiophene rings is 1. The molecule has 0 saturated heterocycles. The van der Waals surface area contributed by atoms with Crippen LogP contribution in [0.15, 0.2) is 23.2 Å². The van der Waals surface area contributed by atoms with Crippen molar-refractivity contribution in [2.75, 3.05) is 7.05 Å².